The van der Waals surface area contributed by atoms with Crippen LogP contribution in [0, 0.1) is 0 Å². The molecule has 0 aromatic heterocycles. The van der Waals surface area contributed by atoms with Crippen LogP contribution in [0.15, 0.2) is 11.1 Å². The van der Waals surface area contributed by atoms with E-state index in [1.807, 2.05) is 13.8 Å². The van der Waals surface area contributed by atoms with Crippen molar-refractivity contribution in [3.8, 4) is 0 Å². The number of carbonyl (C=O) groups excluding carboxylic acids is 1. The average molecular weight is 451 g/mol. The Hall–Kier alpha value is -0.0425. The summed E-state index contributed by atoms with van der Waals surface area (Å²) in [6, 6.07) is 0.687. The van der Waals surface area contributed by atoms with Crippen LogP contribution in [-0.4, -0.2) is 46.3 Å². The van der Waals surface area contributed by atoms with Crippen molar-refractivity contribution >= 4 is 39.7 Å². The quantitative estimate of drug-likeness (QED) is 0.173. The minimum absolute atomic E-state index is 0.245. The van der Waals surface area contributed by atoms with Gasteiger partial charge in [-0.1, -0.05) is 5.57 Å². The molecule has 0 saturated heterocycles. The summed E-state index contributed by atoms with van der Waals surface area (Å²) in [6.45, 7) is 25.6. The Kier molecular flexibility index (Phi) is 10.1. The molecule has 160 valence electrons. The fourth-order valence-electron chi connectivity index (χ4n) is 2.38. The van der Waals surface area contributed by atoms with Crippen molar-refractivity contribution in [2.75, 3.05) is 6.61 Å². The molecule has 0 atom stereocenters. The first kappa shape index (κ1) is 27.0. The fraction of sp³-hybridized carbons (Fsp3) is 0.833. The van der Waals surface area contributed by atoms with E-state index >= 15 is 0 Å². The Morgan fingerprint density at radius 3 is 1.37 bits per heavy atom. The number of hydrogen-bond donors (Lipinski definition) is 0. The number of rotatable bonds is 11. The molecule has 9 heteroatoms. The molecule has 0 amide bonds. The van der Waals surface area contributed by atoms with Crippen molar-refractivity contribution in [1.82, 2.24) is 0 Å². The van der Waals surface area contributed by atoms with E-state index in [-0.39, 0.29) is 5.97 Å². The standard InChI is InChI=1S/C18H42O5Si4/c1-16(2)17(3)18(19)20-14-13-15-27(21-24(4,5)6,22-25(7,8)9)23-26(10,11)12/h13-15H2,1-12H3. The molecular weight excluding hydrogens is 409 g/mol. The molecule has 0 aliphatic rings. The van der Waals surface area contributed by atoms with E-state index in [1.54, 1.807) is 6.92 Å². The molecule has 5 nitrogen and oxygen atoms in total. The minimum Gasteiger partial charge on any atom is -0.462 e. The number of hydrogen-bond acceptors (Lipinski definition) is 5. The molecule has 0 saturated carbocycles. The Morgan fingerprint density at radius 1 is 0.704 bits per heavy atom. The van der Waals surface area contributed by atoms with Gasteiger partial charge in [0.1, 0.15) is 0 Å². The Morgan fingerprint density at radius 2 is 1.07 bits per heavy atom. The van der Waals surface area contributed by atoms with E-state index in [1.165, 1.54) is 0 Å². The zero-order valence-electron chi connectivity index (χ0n) is 19.7. The molecule has 0 spiro atoms. The molecule has 0 rings (SSSR count). The van der Waals surface area contributed by atoms with Crippen LogP contribution in [-0.2, 0) is 21.9 Å². The van der Waals surface area contributed by atoms with E-state index in [0.717, 1.165) is 5.57 Å². The second kappa shape index (κ2) is 10.1. The van der Waals surface area contributed by atoms with Crippen molar-refractivity contribution in [1.29, 1.82) is 0 Å². The maximum atomic E-state index is 12.1. The molecule has 0 fully saturated rings. The first-order chi connectivity index (χ1) is 11.9. The van der Waals surface area contributed by atoms with Gasteiger partial charge in [0.05, 0.1) is 6.61 Å². The van der Waals surface area contributed by atoms with Gasteiger partial charge in [0.15, 0.2) is 25.0 Å². The predicted molar refractivity (Wildman–Crippen MR) is 123 cm³/mol. The second-order valence-corrected chi connectivity index (χ2v) is 27.2. The van der Waals surface area contributed by atoms with Gasteiger partial charge in [-0.05, 0) is 86.1 Å². The molecule has 0 heterocycles. The summed E-state index contributed by atoms with van der Waals surface area (Å²) in [5, 5.41) is 0. The average Bonchev–Trinajstić information content (AvgIpc) is 2.36. The largest absolute Gasteiger partial charge is 0.469 e. The van der Waals surface area contributed by atoms with Crippen LogP contribution in [0.2, 0.25) is 65.0 Å². The van der Waals surface area contributed by atoms with Crippen molar-refractivity contribution in [2.45, 2.75) is 92.2 Å². The van der Waals surface area contributed by atoms with E-state index in [9.17, 15) is 4.79 Å². The summed E-state index contributed by atoms with van der Waals surface area (Å²) in [5.74, 6) is -0.245. The highest BCUT2D eigenvalue weighted by Crippen LogP contribution is 2.29. The van der Waals surface area contributed by atoms with Crippen LogP contribution < -0.4 is 0 Å². The highest BCUT2D eigenvalue weighted by atomic mass is 28.5. The van der Waals surface area contributed by atoms with Crippen molar-refractivity contribution < 1.29 is 21.9 Å². The summed E-state index contributed by atoms with van der Waals surface area (Å²) >= 11 is 0. The van der Waals surface area contributed by atoms with Gasteiger partial charge < -0.3 is 17.1 Å². The Balaban J connectivity index is 5.32. The molecule has 0 aliphatic carbocycles. The minimum atomic E-state index is -2.84. The van der Waals surface area contributed by atoms with Gasteiger partial charge in [-0.3, -0.25) is 0 Å². The third-order valence-corrected chi connectivity index (χ3v) is 15.3. The van der Waals surface area contributed by atoms with Crippen LogP contribution in [0.4, 0.5) is 0 Å². The monoisotopic (exact) mass is 450 g/mol. The summed E-state index contributed by atoms with van der Waals surface area (Å²) in [4.78, 5) is 12.1. The molecule has 0 bridgehead atoms. The van der Waals surface area contributed by atoms with Gasteiger partial charge in [-0.2, -0.15) is 0 Å². The molecule has 0 aromatic carbocycles. The number of allylic oxidation sites excluding steroid dienone is 1. The molecule has 0 aromatic rings. The Labute approximate surface area is 171 Å². The van der Waals surface area contributed by atoms with Gasteiger partial charge >= 0.3 is 14.8 Å². The van der Waals surface area contributed by atoms with Gasteiger partial charge in [0, 0.05) is 11.6 Å². The van der Waals surface area contributed by atoms with Crippen LogP contribution in [0.1, 0.15) is 27.2 Å². The lowest BCUT2D eigenvalue weighted by molar-refractivity contribution is -0.139. The zero-order chi connectivity index (χ0) is 21.7. The SMILES string of the molecule is CC(C)=C(C)C(=O)OCCC[Si](O[Si](C)(C)C)(O[Si](C)(C)C)O[Si](C)(C)C. The van der Waals surface area contributed by atoms with Gasteiger partial charge in [0.2, 0.25) is 0 Å². The first-order valence-corrected chi connectivity index (χ1v) is 21.9. The zero-order valence-corrected chi connectivity index (χ0v) is 23.7. The van der Waals surface area contributed by atoms with Crippen LogP contribution >= 0.6 is 0 Å². The molecular formula is C18H42O5Si4. The smallest absolute Gasteiger partial charge is 0.462 e. The summed E-state index contributed by atoms with van der Waals surface area (Å²) in [6.07, 6.45) is 0.688. The summed E-state index contributed by atoms with van der Waals surface area (Å²) < 4.78 is 25.3. The summed E-state index contributed by atoms with van der Waals surface area (Å²) in [5.41, 5.74) is 1.66. The van der Waals surface area contributed by atoms with Crippen molar-refractivity contribution in [3.05, 3.63) is 11.1 Å². The van der Waals surface area contributed by atoms with E-state index in [4.69, 9.17) is 17.1 Å². The third-order valence-electron chi connectivity index (χ3n) is 3.30. The third kappa shape index (κ3) is 12.9. The number of carbonyl (C=O) groups is 1. The molecule has 0 N–H and O–H groups in total. The molecule has 0 unspecified atom stereocenters. The normalized spacial score (nSPS) is 13.5. The van der Waals surface area contributed by atoms with Crippen LogP contribution in [0.5, 0.6) is 0 Å². The maximum absolute atomic E-state index is 12.1. The van der Waals surface area contributed by atoms with Gasteiger partial charge in [-0.25, -0.2) is 4.79 Å². The second-order valence-electron chi connectivity index (χ2n) is 10.2. The number of esters is 1. The lowest BCUT2D eigenvalue weighted by atomic mass is 10.2. The van der Waals surface area contributed by atoms with E-state index < -0.39 is 33.8 Å². The highest BCUT2D eigenvalue weighted by Gasteiger charge is 2.49. The predicted octanol–water partition coefficient (Wildman–Crippen LogP) is 5.77. The molecule has 0 radical (unpaired) electrons. The van der Waals surface area contributed by atoms with Crippen LogP contribution in [0.3, 0.4) is 0 Å². The lowest BCUT2D eigenvalue weighted by Crippen LogP contribution is -2.60. The maximum Gasteiger partial charge on any atom is 0.469 e. The lowest BCUT2D eigenvalue weighted by Gasteiger charge is -2.42. The first-order valence-electron chi connectivity index (χ1n) is 9.78. The van der Waals surface area contributed by atoms with Gasteiger partial charge in [-0.15, -0.1) is 0 Å². The molecule has 0 aliphatic heterocycles. The summed E-state index contributed by atoms with van der Waals surface area (Å²) in [7, 11) is -8.44. The van der Waals surface area contributed by atoms with Crippen molar-refractivity contribution in [2.24, 2.45) is 0 Å². The topological polar surface area (TPSA) is 54.0 Å². The highest BCUT2D eigenvalue weighted by molar-refractivity contribution is 6.90. The van der Waals surface area contributed by atoms with E-state index in [0.29, 0.717) is 24.6 Å². The van der Waals surface area contributed by atoms with E-state index in [2.05, 4.69) is 58.9 Å². The Bertz CT molecular complexity index is 483. The van der Waals surface area contributed by atoms with Crippen LogP contribution in [0.25, 0.3) is 0 Å². The molecule has 27 heavy (non-hydrogen) atoms. The number of ether oxygens (including phenoxy) is 1. The fourth-order valence-corrected chi connectivity index (χ4v) is 17.0. The van der Waals surface area contributed by atoms with Gasteiger partial charge in [0.25, 0.3) is 0 Å². The van der Waals surface area contributed by atoms with Crippen molar-refractivity contribution in [3.63, 3.8) is 0 Å².